The Hall–Kier alpha value is -1.42. The summed E-state index contributed by atoms with van der Waals surface area (Å²) in [4.78, 5) is 4.28. The van der Waals surface area contributed by atoms with Crippen molar-refractivity contribution in [3.63, 3.8) is 0 Å². The molecule has 0 aliphatic heterocycles. The van der Waals surface area contributed by atoms with E-state index in [2.05, 4.69) is 11.1 Å². The fourth-order valence-electron chi connectivity index (χ4n) is 1.92. The summed E-state index contributed by atoms with van der Waals surface area (Å²) in [5.41, 5.74) is 3.15. The standard InChI is InChI=1S/C15H19NO2S/c1-10-6-5-7-14(8-10)13(4)19(17)9-15-16-11(2)12(3)18-15/h5-8,13H,9H2,1-4H3/t13-,19+/m1/s1. The van der Waals surface area contributed by atoms with E-state index in [1.807, 2.05) is 45.9 Å². The molecular weight excluding hydrogens is 258 g/mol. The first-order valence-electron chi connectivity index (χ1n) is 6.34. The third-order valence-corrected chi connectivity index (χ3v) is 4.84. The van der Waals surface area contributed by atoms with Crippen LogP contribution in [-0.2, 0) is 16.6 Å². The molecule has 102 valence electrons. The van der Waals surface area contributed by atoms with Gasteiger partial charge in [0.05, 0.1) is 10.9 Å². The lowest BCUT2D eigenvalue weighted by molar-refractivity contribution is 0.487. The van der Waals surface area contributed by atoms with Crippen molar-refractivity contribution in [2.75, 3.05) is 0 Å². The summed E-state index contributed by atoms with van der Waals surface area (Å²) in [5.74, 6) is 1.73. The molecule has 0 N–H and O–H groups in total. The largest absolute Gasteiger partial charge is 0.445 e. The second kappa shape index (κ2) is 5.70. The van der Waals surface area contributed by atoms with Crippen LogP contribution in [0.5, 0.6) is 0 Å². The van der Waals surface area contributed by atoms with E-state index in [9.17, 15) is 4.21 Å². The molecule has 0 aliphatic rings. The molecule has 1 aromatic heterocycles. The third kappa shape index (κ3) is 3.32. The van der Waals surface area contributed by atoms with E-state index in [0.29, 0.717) is 11.6 Å². The van der Waals surface area contributed by atoms with Gasteiger partial charge in [-0.25, -0.2) is 4.98 Å². The molecule has 2 aromatic rings. The molecule has 0 amide bonds. The van der Waals surface area contributed by atoms with E-state index < -0.39 is 10.8 Å². The van der Waals surface area contributed by atoms with Crippen LogP contribution in [0, 0.1) is 20.8 Å². The normalized spacial score (nSPS) is 14.3. The Morgan fingerprint density at radius 3 is 2.63 bits per heavy atom. The molecule has 19 heavy (non-hydrogen) atoms. The quantitative estimate of drug-likeness (QED) is 0.857. The van der Waals surface area contributed by atoms with Crippen LogP contribution in [0.2, 0.25) is 0 Å². The van der Waals surface area contributed by atoms with Crippen LogP contribution in [0.4, 0.5) is 0 Å². The van der Waals surface area contributed by atoms with Crippen molar-refractivity contribution in [1.29, 1.82) is 0 Å². The van der Waals surface area contributed by atoms with Crippen LogP contribution in [0.3, 0.4) is 0 Å². The number of benzene rings is 1. The highest BCUT2D eigenvalue weighted by Crippen LogP contribution is 2.23. The topological polar surface area (TPSA) is 43.1 Å². The summed E-state index contributed by atoms with van der Waals surface area (Å²) in [5, 5.41) is -0.0209. The first-order valence-corrected chi connectivity index (χ1v) is 7.72. The molecule has 0 spiro atoms. The fraction of sp³-hybridized carbons (Fsp3) is 0.400. The van der Waals surface area contributed by atoms with E-state index in [4.69, 9.17) is 4.42 Å². The second-order valence-electron chi connectivity index (χ2n) is 4.83. The predicted octanol–water partition coefficient (Wildman–Crippen LogP) is 3.61. The van der Waals surface area contributed by atoms with E-state index in [1.54, 1.807) is 0 Å². The molecule has 2 rings (SSSR count). The van der Waals surface area contributed by atoms with Crippen LogP contribution in [0.15, 0.2) is 28.7 Å². The van der Waals surface area contributed by atoms with Gasteiger partial charge in [0, 0.05) is 10.8 Å². The Morgan fingerprint density at radius 1 is 1.32 bits per heavy atom. The molecule has 1 aromatic carbocycles. The van der Waals surface area contributed by atoms with Gasteiger partial charge in [-0.2, -0.15) is 0 Å². The first kappa shape index (κ1) is 14.0. The number of aromatic nitrogens is 1. The summed E-state index contributed by atoms with van der Waals surface area (Å²) < 4.78 is 17.8. The molecule has 0 saturated carbocycles. The van der Waals surface area contributed by atoms with Crippen LogP contribution in [-0.4, -0.2) is 9.19 Å². The summed E-state index contributed by atoms with van der Waals surface area (Å²) >= 11 is 0. The molecule has 4 heteroatoms. The SMILES string of the molecule is Cc1cccc([C@@H](C)[S@@](=O)Cc2nc(C)c(C)o2)c1. The zero-order valence-electron chi connectivity index (χ0n) is 11.8. The lowest BCUT2D eigenvalue weighted by Crippen LogP contribution is -2.06. The molecule has 3 nitrogen and oxygen atoms in total. The maximum absolute atomic E-state index is 12.4. The minimum absolute atomic E-state index is 0.0209. The maximum atomic E-state index is 12.4. The highest BCUT2D eigenvalue weighted by atomic mass is 32.2. The number of aryl methyl sites for hydroxylation is 3. The highest BCUT2D eigenvalue weighted by Gasteiger charge is 2.17. The molecule has 2 atom stereocenters. The number of rotatable bonds is 4. The zero-order chi connectivity index (χ0) is 14.0. The Kier molecular flexibility index (Phi) is 4.20. The monoisotopic (exact) mass is 277 g/mol. The Balaban J connectivity index is 2.11. The van der Waals surface area contributed by atoms with Crippen molar-refractivity contribution in [3.8, 4) is 0 Å². The van der Waals surface area contributed by atoms with Gasteiger partial charge in [0.15, 0.2) is 0 Å². The van der Waals surface area contributed by atoms with Gasteiger partial charge in [-0.05, 0) is 33.3 Å². The number of hydrogen-bond acceptors (Lipinski definition) is 3. The molecule has 0 fully saturated rings. The number of hydrogen-bond donors (Lipinski definition) is 0. The number of nitrogens with zero attached hydrogens (tertiary/aromatic N) is 1. The average molecular weight is 277 g/mol. The Bertz CT molecular complexity index is 584. The van der Waals surface area contributed by atoms with E-state index in [1.165, 1.54) is 5.56 Å². The lowest BCUT2D eigenvalue weighted by atomic mass is 10.1. The van der Waals surface area contributed by atoms with Crippen LogP contribution >= 0.6 is 0 Å². The molecule has 0 aliphatic carbocycles. The van der Waals surface area contributed by atoms with Crippen molar-refractivity contribution < 1.29 is 8.63 Å². The third-order valence-electron chi connectivity index (χ3n) is 3.24. The van der Waals surface area contributed by atoms with Crippen LogP contribution in [0.25, 0.3) is 0 Å². The molecule has 0 bridgehead atoms. The predicted molar refractivity (Wildman–Crippen MR) is 77.4 cm³/mol. The highest BCUT2D eigenvalue weighted by molar-refractivity contribution is 7.84. The van der Waals surface area contributed by atoms with Crippen molar-refractivity contribution in [2.45, 2.75) is 38.7 Å². The van der Waals surface area contributed by atoms with Gasteiger partial charge in [-0.15, -0.1) is 0 Å². The Labute approximate surface area is 116 Å². The van der Waals surface area contributed by atoms with Crippen molar-refractivity contribution in [2.24, 2.45) is 0 Å². The van der Waals surface area contributed by atoms with Gasteiger partial charge in [-0.3, -0.25) is 4.21 Å². The minimum atomic E-state index is -1.03. The summed E-state index contributed by atoms with van der Waals surface area (Å²) in [6.45, 7) is 7.79. The second-order valence-corrected chi connectivity index (χ2v) is 6.59. The van der Waals surface area contributed by atoms with Crippen LogP contribution in [0.1, 0.15) is 40.6 Å². The smallest absolute Gasteiger partial charge is 0.207 e. The van der Waals surface area contributed by atoms with Crippen molar-refractivity contribution >= 4 is 10.8 Å². The minimum Gasteiger partial charge on any atom is -0.445 e. The summed E-state index contributed by atoms with van der Waals surface area (Å²) in [7, 11) is -1.03. The summed E-state index contributed by atoms with van der Waals surface area (Å²) in [6.07, 6.45) is 0. The molecular formula is C15H19NO2S. The number of oxazole rings is 1. The van der Waals surface area contributed by atoms with E-state index >= 15 is 0 Å². The van der Waals surface area contributed by atoms with E-state index in [-0.39, 0.29) is 5.25 Å². The molecule has 0 radical (unpaired) electrons. The average Bonchev–Trinajstić information content (AvgIpc) is 2.67. The Morgan fingerprint density at radius 2 is 2.05 bits per heavy atom. The summed E-state index contributed by atoms with van der Waals surface area (Å²) in [6, 6.07) is 8.13. The van der Waals surface area contributed by atoms with Gasteiger partial charge >= 0.3 is 0 Å². The molecule has 0 unspecified atom stereocenters. The van der Waals surface area contributed by atoms with Gasteiger partial charge in [0.2, 0.25) is 5.89 Å². The zero-order valence-corrected chi connectivity index (χ0v) is 12.6. The van der Waals surface area contributed by atoms with Crippen molar-refractivity contribution in [3.05, 3.63) is 52.7 Å². The van der Waals surface area contributed by atoms with Gasteiger partial charge in [-0.1, -0.05) is 29.8 Å². The molecule has 0 saturated heterocycles. The van der Waals surface area contributed by atoms with Crippen molar-refractivity contribution in [1.82, 2.24) is 4.98 Å². The lowest BCUT2D eigenvalue weighted by Gasteiger charge is -2.11. The molecule has 1 heterocycles. The van der Waals surface area contributed by atoms with Gasteiger partial charge in [0.1, 0.15) is 11.5 Å². The van der Waals surface area contributed by atoms with Gasteiger partial charge < -0.3 is 4.42 Å². The van der Waals surface area contributed by atoms with Crippen LogP contribution < -0.4 is 0 Å². The van der Waals surface area contributed by atoms with Gasteiger partial charge in [0.25, 0.3) is 0 Å². The maximum Gasteiger partial charge on any atom is 0.207 e. The van der Waals surface area contributed by atoms with E-state index in [0.717, 1.165) is 17.0 Å². The first-order chi connectivity index (χ1) is 8.97. The fourth-order valence-corrected chi connectivity index (χ4v) is 2.99.